The number of primary amides is 1. The van der Waals surface area contributed by atoms with Crippen LogP contribution in [-0.4, -0.2) is 46.3 Å². The van der Waals surface area contributed by atoms with Gasteiger partial charge in [0.05, 0.1) is 25.2 Å². The molecule has 244 valence electrons. The fourth-order valence-corrected chi connectivity index (χ4v) is 5.59. The van der Waals surface area contributed by atoms with Gasteiger partial charge in [-0.05, 0) is 30.7 Å². The maximum absolute atomic E-state index is 14.9. The maximum atomic E-state index is 14.9. The summed E-state index contributed by atoms with van der Waals surface area (Å²) in [5.41, 5.74) is 8.77. The number of aromatic nitrogens is 2. The molecule has 1 amide bonds. The summed E-state index contributed by atoms with van der Waals surface area (Å²) < 4.78 is 68.7. The number of carbonyl (C=O) groups excluding carboxylic acids is 1. The third-order valence-corrected chi connectivity index (χ3v) is 7.91. The van der Waals surface area contributed by atoms with Crippen molar-refractivity contribution in [2.45, 2.75) is 38.8 Å². The molecule has 0 saturated carbocycles. The van der Waals surface area contributed by atoms with E-state index in [1.165, 1.54) is 13.0 Å². The molecule has 1 atom stereocenters. The number of benzene rings is 2. The Labute approximate surface area is 260 Å². The third-order valence-electron chi connectivity index (χ3n) is 7.91. The van der Waals surface area contributed by atoms with Gasteiger partial charge in [-0.2, -0.15) is 13.2 Å². The lowest BCUT2D eigenvalue weighted by Crippen LogP contribution is -2.51. The summed E-state index contributed by atoms with van der Waals surface area (Å²) in [6.45, 7) is 2.33. The SMILES string of the molecule is Cc1c(N2CCN(Cc3ccc(OC(N)=O)o3)CC2)c(=O)n(C[C@H](N)c2ccccc2)c(=O)n1Cc1c(F)cccc1C(F)(F)F. The highest BCUT2D eigenvalue weighted by atomic mass is 19.4. The van der Waals surface area contributed by atoms with Gasteiger partial charge in [-0.1, -0.05) is 36.4 Å². The second kappa shape index (κ2) is 13.2. The molecule has 2 aromatic heterocycles. The van der Waals surface area contributed by atoms with Gasteiger partial charge in [-0.25, -0.2) is 14.0 Å². The normalized spacial score (nSPS) is 14.8. The number of halogens is 4. The molecule has 5 rings (SSSR count). The highest BCUT2D eigenvalue weighted by Gasteiger charge is 2.35. The van der Waals surface area contributed by atoms with Crippen LogP contribution in [0.3, 0.4) is 0 Å². The Balaban J connectivity index is 1.49. The molecule has 1 aliphatic heterocycles. The molecule has 1 fully saturated rings. The average molecular weight is 645 g/mol. The largest absolute Gasteiger partial charge is 0.429 e. The molecule has 0 aliphatic carbocycles. The van der Waals surface area contributed by atoms with E-state index in [0.29, 0.717) is 44.0 Å². The summed E-state index contributed by atoms with van der Waals surface area (Å²) in [6.07, 6.45) is -5.88. The topological polar surface area (TPSA) is 142 Å². The summed E-state index contributed by atoms with van der Waals surface area (Å²) >= 11 is 0. The summed E-state index contributed by atoms with van der Waals surface area (Å²) in [5, 5.41) is 0. The predicted octanol–water partition coefficient (Wildman–Crippen LogP) is 3.60. The van der Waals surface area contributed by atoms with Crippen LogP contribution >= 0.6 is 0 Å². The van der Waals surface area contributed by atoms with Gasteiger partial charge in [0, 0.05) is 49.5 Å². The van der Waals surface area contributed by atoms with Crippen molar-refractivity contribution in [3.63, 3.8) is 0 Å². The minimum absolute atomic E-state index is 0.0446. The Kier molecular flexibility index (Phi) is 9.34. The van der Waals surface area contributed by atoms with E-state index in [1.54, 1.807) is 41.3 Å². The van der Waals surface area contributed by atoms with Crippen molar-refractivity contribution < 1.29 is 31.5 Å². The quantitative estimate of drug-likeness (QED) is 0.264. The van der Waals surface area contributed by atoms with Gasteiger partial charge in [0.2, 0.25) is 0 Å². The Bertz CT molecular complexity index is 1830. The smallest absolute Gasteiger partial charge is 0.416 e. The Morgan fingerprint density at radius 3 is 2.30 bits per heavy atom. The van der Waals surface area contributed by atoms with Crippen molar-refractivity contribution in [3.8, 4) is 5.95 Å². The molecule has 0 radical (unpaired) electrons. The second-order valence-electron chi connectivity index (χ2n) is 10.9. The van der Waals surface area contributed by atoms with E-state index in [4.69, 9.17) is 20.6 Å². The minimum atomic E-state index is -4.88. The Morgan fingerprint density at radius 1 is 0.957 bits per heavy atom. The van der Waals surface area contributed by atoms with E-state index in [9.17, 15) is 31.9 Å². The molecule has 3 heterocycles. The van der Waals surface area contributed by atoms with Crippen molar-refractivity contribution in [2.75, 3.05) is 31.1 Å². The van der Waals surface area contributed by atoms with Crippen molar-refractivity contribution >= 4 is 11.8 Å². The lowest BCUT2D eigenvalue weighted by Gasteiger charge is -2.36. The number of carbonyl (C=O) groups is 1. The van der Waals surface area contributed by atoms with Gasteiger partial charge in [-0.3, -0.25) is 18.8 Å². The summed E-state index contributed by atoms with van der Waals surface area (Å²) in [6, 6.07) is 13.7. The van der Waals surface area contributed by atoms with Crippen LogP contribution in [0.2, 0.25) is 0 Å². The standard InChI is InChI=1S/C31H32F4N6O5/c1-19-27(39-14-12-38(13-15-39)16-21-10-11-26(45-21)46-29(37)43)28(42)41(18-25(36)20-6-3-2-4-7-20)30(44)40(19)17-22-23(31(33,34)35)8-5-9-24(22)32/h2-11,25H,12-18,36H2,1H3,(H2,37,43)/t25-/m0/s1. The van der Waals surface area contributed by atoms with E-state index < -0.39 is 53.0 Å². The molecule has 46 heavy (non-hydrogen) atoms. The van der Waals surface area contributed by atoms with Crippen molar-refractivity contribution in [1.29, 1.82) is 0 Å². The summed E-state index contributed by atoms with van der Waals surface area (Å²) in [7, 11) is 0. The third kappa shape index (κ3) is 7.00. The number of amides is 1. The molecule has 4 N–H and O–H groups in total. The molecule has 1 saturated heterocycles. The summed E-state index contributed by atoms with van der Waals surface area (Å²) in [4.78, 5) is 42.5. The highest BCUT2D eigenvalue weighted by Crippen LogP contribution is 2.33. The monoisotopic (exact) mass is 644 g/mol. The summed E-state index contributed by atoms with van der Waals surface area (Å²) in [5.74, 6) is -0.661. The fourth-order valence-electron chi connectivity index (χ4n) is 5.59. The van der Waals surface area contributed by atoms with Crippen LogP contribution in [0.15, 0.2) is 74.7 Å². The van der Waals surface area contributed by atoms with Gasteiger partial charge in [0.1, 0.15) is 17.3 Å². The molecule has 2 aromatic carbocycles. The van der Waals surface area contributed by atoms with Crippen molar-refractivity contribution in [1.82, 2.24) is 14.0 Å². The first kappa shape index (κ1) is 32.5. The molecule has 1 aliphatic rings. The van der Waals surface area contributed by atoms with Crippen LogP contribution in [0.25, 0.3) is 0 Å². The van der Waals surface area contributed by atoms with Gasteiger partial charge in [-0.15, -0.1) is 0 Å². The van der Waals surface area contributed by atoms with Crippen LogP contribution < -0.4 is 32.4 Å². The van der Waals surface area contributed by atoms with Crippen LogP contribution in [0.4, 0.5) is 28.0 Å². The number of ether oxygens (including phenoxy) is 1. The lowest BCUT2D eigenvalue weighted by molar-refractivity contribution is -0.138. The first-order valence-corrected chi connectivity index (χ1v) is 14.4. The molecule has 0 bridgehead atoms. The van der Waals surface area contributed by atoms with E-state index >= 15 is 0 Å². The van der Waals surface area contributed by atoms with Gasteiger partial charge < -0.3 is 25.5 Å². The van der Waals surface area contributed by atoms with E-state index in [-0.39, 0.29) is 23.9 Å². The number of furan rings is 1. The maximum Gasteiger partial charge on any atom is 0.416 e. The average Bonchev–Trinajstić information content (AvgIpc) is 3.44. The molecular weight excluding hydrogens is 612 g/mol. The van der Waals surface area contributed by atoms with Gasteiger partial charge in [0.15, 0.2) is 0 Å². The van der Waals surface area contributed by atoms with Crippen LogP contribution in [-0.2, 0) is 25.8 Å². The van der Waals surface area contributed by atoms with E-state index in [1.807, 2.05) is 4.90 Å². The zero-order valence-corrected chi connectivity index (χ0v) is 24.8. The first-order valence-electron chi connectivity index (χ1n) is 14.4. The molecule has 11 nitrogen and oxygen atoms in total. The molecule has 0 spiro atoms. The number of nitrogens with two attached hydrogens (primary N) is 2. The number of hydrogen-bond donors (Lipinski definition) is 2. The lowest BCUT2D eigenvalue weighted by atomic mass is 10.1. The zero-order chi connectivity index (χ0) is 33.2. The van der Waals surface area contributed by atoms with Crippen LogP contribution in [0, 0.1) is 12.7 Å². The predicted molar refractivity (Wildman–Crippen MR) is 160 cm³/mol. The molecule has 0 unspecified atom stereocenters. The van der Waals surface area contributed by atoms with Crippen LogP contribution in [0.1, 0.15) is 34.2 Å². The molecular formula is C31H32F4N6O5. The number of alkyl halides is 3. The van der Waals surface area contributed by atoms with Gasteiger partial charge >= 0.3 is 18.0 Å². The zero-order valence-electron chi connectivity index (χ0n) is 24.8. The van der Waals surface area contributed by atoms with Crippen LogP contribution in [0.5, 0.6) is 5.95 Å². The minimum Gasteiger partial charge on any atom is -0.429 e. The molecule has 15 heteroatoms. The van der Waals surface area contributed by atoms with Gasteiger partial charge in [0.25, 0.3) is 11.5 Å². The highest BCUT2D eigenvalue weighted by molar-refractivity contribution is 5.67. The van der Waals surface area contributed by atoms with Crippen molar-refractivity contribution in [2.24, 2.45) is 11.5 Å². The first-order chi connectivity index (χ1) is 21.8. The van der Waals surface area contributed by atoms with Crippen molar-refractivity contribution in [3.05, 3.63) is 115 Å². The van der Waals surface area contributed by atoms with E-state index in [0.717, 1.165) is 27.3 Å². The number of anilines is 1. The number of hydrogen-bond acceptors (Lipinski definition) is 8. The fraction of sp³-hybridized carbons (Fsp3) is 0.323. The van der Waals surface area contributed by atoms with E-state index in [2.05, 4.69) is 0 Å². The Hall–Kier alpha value is -4.89. The number of rotatable bonds is 9. The molecule has 4 aromatic rings. The second-order valence-corrected chi connectivity index (χ2v) is 10.9. The number of piperazine rings is 1. The Morgan fingerprint density at radius 2 is 1.65 bits per heavy atom. The number of nitrogens with zero attached hydrogens (tertiary/aromatic N) is 4.